The lowest BCUT2D eigenvalue weighted by Crippen LogP contribution is -1.95. The van der Waals surface area contributed by atoms with E-state index in [2.05, 4.69) is 252 Å². The van der Waals surface area contributed by atoms with Crippen LogP contribution in [0, 0.1) is 0 Å². The molecule has 0 amide bonds. The highest BCUT2D eigenvalue weighted by Crippen LogP contribution is 2.45. The number of fused-ring (bicyclic) bond motifs is 8. The molecule has 11 aromatic carbocycles. The molecule has 0 saturated heterocycles. The minimum atomic E-state index is 1.13. The molecule has 0 aliphatic rings. The van der Waals surface area contributed by atoms with E-state index in [-0.39, 0.29) is 0 Å². The van der Waals surface area contributed by atoms with Crippen LogP contribution in [0.15, 0.2) is 243 Å². The molecular weight excluding hydrogens is 773 g/mol. The van der Waals surface area contributed by atoms with E-state index in [4.69, 9.17) is 0 Å². The summed E-state index contributed by atoms with van der Waals surface area (Å²) < 4.78 is 4.83. The minimum absolute atomic E-state index is 1.13. The van der Waals surface area contributed by atoms with Crippen molar-refractivity contribution in [3.05, 3.63) is 243 Å². The van der Waals surface area contributed by atoms with Crippen molar-refractivity contribution in [1.82, 2.24) is 9.13 Å². The lowest BCUT2D eigenvalue weighted by molar-refractivity contribution is 1.18. The average Bonchev–Trinajstić information content (AvgIpc) is 3.88. The predicted octanol–water partition coefficient (Wildman–Crippen LogP) is 16.9. The van der Waals surface area contributed by atoms with Gasteiger partial charge in [-0.15, -0.1) is 0 Å². The average molecular weight is 813 g/mol. The molecule has 2 aromatic heterocycles. The van der Waals surface area contributed by atoms with Crippen molar-refractivity contribution in [2.24, 2.45) is 0 Å². The number of para-hydroxylation sites is 3. The first-order chi connectivity index (χ1) is 31.8. The van der Waals surface area contributed by atoms with E-state index in [0.717, 1.165) is 5.69 Å². The Morgan fingerprint density at radius 3 is 1.27 bits per heavy atom. The van der Waals surface area contributed by atoms with E-state index in [1.165, 1.54) is 115 Å². The van der Waals surface area contributed by atoms with Gasteiger partial charge in [0.15, 0.2) is 0 Å². The van der Waals surface area contributed by atoms with Gasteiger partial charge in [0.1, 0.15) is 0 Å². The Bertz CT molecular complexity index is 3890. The molecule has 0 unspecified atom stereocenters. The molecule has 0 aliphatic heterocycles. The van der Waals surface area contributed by atoms with E-state index in [9.17, 15) is 0 Å². The molecule has 298 valence electrons. The number of hydrogen-bond donors (Lipinski definition) is 0. The molecule has 0 aliphatic carbocycles. The predicted molar refractivity (Wildman–Crippen MR) is 272 cm³/mol. The first-order valence-corrected chi connectivity index (χ1v) is 22.1. The number of rotatable bonds is 6. The monoisotopic (exact) mass is 812 g/mol. The minimum Gasteiger partial charge on any atom is -0.309 e. The first kappa shape index (κ1) is 36.2. The molecule has 0 bridgehead atoms. The highest BCUT2D eigenvalue weighted by Gasteiger charge is 2.19. The highest BCUT2D eigenvalue weighted by atomic mass is 15.0. The van der Waals surface area contributed by atoms with Crippen LogP contribution in [0.25, 0.3) is 121 Å². The largest absolute Gasteiger partial charge is 0.309 e. The fourth-order valence-corrected chi connectivity index (χ4v) is 10.5. The van der Waals surface area contributed by atoms with Gasteiger partial charge in [-0.1, -0.05) is 182 Å². The highest BCUT2D eigenvalue weighted by molar-refractivity contribution is 6.21. The zero-order chi connectivity index (χ0) is 42.1. The first-order valence-electron chi connectivity index (χ1n) is 22.1. The lowest BCUT2D eigenvalue weighted by Gasteiger charge is -2.18. The van der Waals surface area contributed by atoms with Crippen LogP contribution in [-0.4, -0.2) is 9.13 Å². The van der Waals surface area contributed by atoms with Gasteiger partial charge in [-0.25, -0.2) is 0 Å². The molecule has 2 nitrogen and oxygen atoms in total. The number of aromatic nitrogens is 2. The van der Waals surface area contributed by atoms with Gasteiger partial charge < -0.3 is 9.13 Å². The van der Waals surface area contributed by atoms with Crippen LogP contribution >= 0.6 is 0 Å². The maximum absolute atomic E-state index is 2.45. The standard InChI is InChI=1S/C62H40N2/c1-3-17-41(18-4-1)61-52-27-7-9-29-54(52)62(55-30-10-8-28-53(55)61)46-21-15-19-42(37-46)43-20-16-24-48(38-43)64-57-31-13-11-25-49(57)51-35-33-45(40-60(51)64)44-34-36-59-56(39-44)50-26-12-14-32-58(50)63(59)47-22-5-2-6-23-47/h1-40H. The van der Waals surface area contributed by atoms with Crippen molar-refractivity contribution in [2.75, 3.05) is 0 Å². The van der Waals surface area contributed by atoms with Crippen LogP contribution in [0.3, 0.4) is 0 Å². The Balaban J connectivity index is 0.951. The summed E-state index contributed by atoms with van der Waals surface area (Å²) in [5.41, 5.74) is 16.8. The van der Waals surface area contributed by atoms with Crippen molar-refractivity contribution >= 4 is 65.2 Å². The molecule has 0 radical (unpaired) electrons. The van der Waals surface area contributed by atoms with Crippen LogP contribution in [0.5, 0.6) is 0 Å². The Morgan fingerprint density at radius 1 is 0.188 bits per heavy atom. The molecule has 0 fully saturated rings. The zero-order valence-electron chi connectivity index (χ0n) is 35.0. The summed E-state index contributed by atoms with van der Waals surface area (Å²) >= 11 is 0. The van der Waals surface area contributed by atoms with Gasteiger partial charge in [-0.2, -0.15) is 0 Å². The molecule has 64 heavy (non-hydrogen) atoms. The third-order valence-corrected chi connectivity index (χ3v) is 13.3. The quantitative estimate of drug-likeness (QED) is 0.148. The zero-order valence-corrected chi connectivity index (χ0v) is 35.0. The molecule has 0 spiro atoms. The second-order valence-corrected chi connectivity index (χ2v) is 16.8. The van der Waals surface area contributed by atoms with Crippen LogP contribution in [-0.2, 0) is 0 Å². The Morgan fingerprint density at radius 2 is 0.594 bits per heavy atom. The van der Waals surface area contributed by atoms with E-state index in [1.807, 2.05) is 0 Å². The Hall–Kier alpha value is -8.46. The van der Waals surface area contributed by atoms with Gasteiger partial charge in [0.25, 0.3) is 0 Å². The Kier molecular flexibility index (Phi) is 8.25. The molecule has 0 N–H and O–H groups in total. The number of nitrogens with zero attached hydrogens (tertiary/aromatic N) is 2. The normalized spacial score (nSPS) is 11.8. The smallest absolute Gasteiger partial charge is 0.0547 e. The van der Waals surface area contributed by atoms with Crippen molar-refractivity contribution < 1.29 is 0 Å². The fourth-order valence-electron chi connectivity index (χ4n) is 10.5. The third-order valence-electron chi connectivity index (χ3n) is 13.3. The van der Waals surface area contributed by atoms with Crippen molar-refractivity contribution in [1.29, 1.82) is 0 Å². The van der Waals surface area contributed by atoms with Gasteiger partial charge in [-0.3, -0.25) is 0 Å². The molecule has 2 heteroatoms. The van der Waals surface area contributed by atoms with E-state index < -0.39 is 0 Å². The summed E-state index contributed by atoms with van der Waals surface area (Å²) in [5, 5.41) is 10.0. The summed E-state index contributed by atoms with van der Waals surface area (Å²) in [7, 11) is 0. The Labute approximate surface area is 371 Å². The van der Waals surface area contributed by atoms with Crippen molar-refractivity contribution in [2.45, 2.75) is 0 Å². The van der Waals surface area contributed by atoms with Crippen LogP contribution in [0.4, 0.5) is 0 Å². The summed E-state index contributed by atoms with van der Waals surface area (Å²) in [6.45, 7) is 0. The molecular formula is C62H40N2. The summed E-state index contributed by atoms with van der Waals surface area (Å²) in [4.78, 5) is 0. The maximum Gasteiger partial charge on any atom is 0.0547 e. The van der Waals surface area contributed by atoms with E-state index >= 15 is 0 Å². The van der Waals surface area contributed by atoms with Gasteiger partial charge >= 0.3 is 0 Å². The summed E-state index contributed by atoms with van der Waals surface area (Å²) in [5.74, 6) is 0. The number of benzene rings is 11. The lowest BCUT2D eigenvalue weighted by atomic mass is 9.85. The second-order valence-electron chi connectivity index (χ2n) is 16.8. The fraction of sp³-hybridized carbons (Fsp3) is 0. The van der Waals surface area contributed by atoms with Crippen LogP contribution in [0.1, 0.15) is 0 Å². The van der Waals surface area contributed by atoms with Gasteiger partial charge in [-0.05, 0) is 127 Å². The molecule has 13 rings (SSSR count). The molecule has 0 atom stereocenters. The van der Waals surface area contributed by atoms with E-state index in [1.54, 1.807) is 0 Å². The van der Waals surface area contributed by atoms with Gasteiger partial charge in [0.2, 0.25) is 0 Å². The van der Waals surface area contributed by atoms with E-state index in [0.29, 0.717) is 0 Å². The molecule has 13 aromatic rings. The van der Waals surface area contributed by atoms with Crippen LogP contribution in [0.2, 0.25) is 0 Å². The second kappa shape index (κ2) is 14.6. The van der Waals surface area contributed by atoms with Gasteiger partial charge in [0.05, 0.1) is 22.1 Å². The van der Waals surface area contributed by atoms with Crippen molar-refractivity contribution in [3.63, 3.8) is 0 Å². The van der Waals surface area contributed by atoms with Crippen molar-refractivity contribution in [3.8, 4) is 55.9 Å². The van der Waals surface area contributed by atoms with Gasteiger partial charge in [0, 0.05) is 32.9 Å². The van der Waals surface area contributed by atoms with Crippen LogP contribution < -0.4 is 0 Å². The third kappa shape index (κ3) is 5.66. The topological polar surface area (TPSA) is 9.86 Å². The SMILES string of the molecule is c1ccc(-c2c3ccccc3c(-c3cccc(-c4cccc(-n5c6ccccc6c6ccc(-c7ccc8c(c7)c7ccccc7n8-c7ccccc7)cc65)c4)c3)c3ccccc23)cc1. The number of hydrogen-bond acceptors (Lipinski definition) is 0. The summed E-state index contributed by atoms with van der Waals surface area (Å²) in [6.07, 6.45) is 0. The maximum atomic E-state index is 2.45. The summed E-state index contributed by atoms with van der Waals surface area (Å²) in [6, 6.07) is 89.0. The molecule has 2 heterocycles. The molecule has 0 saturated carbocycles.